The molecule has 97 heavy (non-hydrogen) atoms. The van der Waals surface area contributed by atoms with Crippen molar-refractivity contribution in [1.29, 1.82) is 0 Å². The Morgan fingerprint density at radius 2 is 0.938 bits per heavy atom. The summed E-state index contributed by atoms with van der Waals surface area (Å²) in [5, 5.41) is 16.9. The van der Waals surface area contributed by atoms with Crippen LogP contribution in [0.2, 0.25) is 0 Å². The van der Waals surface area contributed by atoms with Gasteiger partial charge >= 0.3 is 0 Å². The Morgan fingerprint density at radius 1 is 0.443 bits per heavy atom. The molecule has 15 heterocycles. The van der Waals surface area contributed by atoms with Crippen LogP contribution in [-0.4, -0.2) is 245 Å². The highest BCUT2D eigenvalue weighted by atomic mass is 19.1. The Hall–Kier alpha value is -9.36. The third-order valence-electron chi connectivity index (χ3n) is 21.2. The summed E-state index contributed by atoms with van der Waals surface area (Å²) in [6, 6.07) is 25.5. The van der Waals surface area contributed by atoms with Crippen molar-refractivity contribution < 1.29 is 4.39 Å². The molecule has 6 aliphatic rings. The molecule has 3 aromatic carbocycles. The van der Waals surface area contributed by atoms with E-state index in [-0.39, 0.29) is 11.4 Å². The summed E-state index contributed by atoms with van der Waals surface area (Å²) in [4.78, 5) is 60.9. The fourth-order valence-electron chi connectivity index (χ4n) is 15.1. The predicted octanol–water partition coefficient (Wildman–Crippen LogP) is 8.28. The van der Waals surface area contributed by atoms with Gasteiger partial charge in [0.25, 0.3) is 0 Å². The summed E-state index contributed by atoms with van der Waals surface area (Å²) in [6.07, 6.45) is 21.9. The number of hydrogen-bond donors (Lipinski definition) is 1. The van der Waals surface area contributed by atoms with Crippen LogP contribution in [0.5, 0.6) is 0 Å². The Balaban J connectivity index is 0.000000114. The van der Waals surface area contributed by atoms with E-state index in [1.807, 2.05) is 65.4 Å². The van der Waals surface area contributed by atoms with Crippen molar-refractivity contribution in [2.75, 3.05) is 154 Å². The first kappa shape index (κ1) is 62.4. The number of aromatic nitrogens is 12. The number of piperidine rings is 1. The second-order valence-electron chi connectivity index (χ2n) is 27.7. The molecule has 0 aliphatic carbocycles. The Labute approximate surface area is 563 Å². The number of H-pyrrole nitrogens is 1. The maximum Gasteiger partial charge on any atom is 0.249 e. The molecule has 0 radical (unpaired) electrons. The first-order chi connectivity index (χ1) is 47.3. The van der Waals surface area contributed by atoms with Crippen molar-refractivity contribution in [2.24, 2.45) is 0 Å². The molecule has 0 amide bonds. The zero-order valence-electron chi connectivity index (χ0n) is 56.3. The lowest BCUT2D eigenvalue weighted by Gasteiger charge is -2.48. The lowest BCUT2D eigenvalue weighted by atomic mass is 10.0. The van der Waals surface area contributed by atoms with Gasteiger partial charge in [-0.3, -0.25) is 29.5 Å². The van der Waals surface area contributed by atoms with Crippen LogP contribution in [0, 0.1) is 26.6 Å². The average molecular weight is 1300 g/mol. The van der Waals surface area contributed by atoms with E-state index in [4.69, 9.17) is 15.0 Å². The number of rotatable bonds is 9. The van der Waals surface area contributed by atoms with Gasteiger partial charge < -0.3 is 34.4 Å². The van der Waals surface area contributed by atoms with Gasteiger partial charge in [-0.2, -0.15) is 15.3 Å². The van der Waals surface area contributed by atoms with Gasteiger partial charge in [0.15, 0.2) is 16.9 Å². The molecule has 0 unspecified atom stereocenters. The summed E-state index contributed by atoms with van der Waals surface area (Å²) < 4.78 is 19.7. The lowest BCUT2D eigenvalue weighted by Crippen LogP contribution is -2.63. The van der Waals surface area contributed by atoms with Crippen LogP contribution < -0.4 is 20.3 Å². The van der Waals surface area contributed by atoms with Gasteiger partial charge in [-0.1, -0.05) is 29.8 Å². The summed E-state index contributed by atoms with van der Waals surface area (Å²) in [5.41, 5.74) is 16.5. The molecule has 6 saturated heterocycles. The van der Waals surface area contributed by atoms with Crippen LogP contribution in [0.1, 0.15) is 29.7 Å². The summed E-state index contributed by atoms with van der Waals surface area (Å²) >= 11 is 0. The highest BCUT2D eigenvalue weighted by Gasteiger charge is 2.36. The lowest BCUT2D eigenvalue weighted by molar-refractivity contribution is 0.0963. The Bertz CT molecular complexity index is 4920. The molecule has 1 N–H and O–H groups in total. The predicted molar refractivity (Wildman–Crippen MR) is 383 cm³/mol. The molecule has 18 rings (SSSR count). The molecule has 0 bridgehead atoms. The second-order valence-corrected chi connectivity index (χ2v) is 27.7. The molecular formula is C74H84FN21O. The molecular weight excluding hydrogens is 1220 g/mol. The summed E-state index contributed by atoms with van der Waals surface area (Å²) in [6.45, 7) is 26.1. The minimum atomic E-state index is -0.343. The van der Waals surface area contributed by atoms with E-state index in [0.29, 0.717) is 40.4 Å². The maximum atomic E-state index is 14.1. The molecule has 6 fully saturated rings. The normalized spacial score (nSPS) is 18.7. The molecule has 0 atom stereocenters. The second kappa shape index (κ2) is 26.2. The van der Waals surface area contributed by atoms with Crippen molar-refractivity contribution in [3.63, 3.8) is 0 Å². The minimum absolute atomic E-state index is 0.282. The van der Waals surface area contributed by atoms with E-state index in [1.165, 1.54) is 70.1 Å². The Kier molecular flexibility index (Phi) is 16.9. The van der Waals surface area contributed by atoms with Crippen LogP contribution in [0.3, 0.4) is 0 Å². The van der Waals surface area contributed by atoms with Crippen molar-refractivity contribution in [3.8, 4) is 33.4 Å². The number of hydrogen-bond acceptors (Lipinski definition) is 18. The number of para-hydroxylation sites is 1. The molecule has 12 aromatic rings. The standard InChI is InChI=1S/C26H30FN7O.2C24H27N7/c1-17-11-21-20(12-25(35)30-24(21)13-23(17)27)22-15-29-34-16-19(14-28-26(22)34)32-5-3-18(4-6-32)33-9-7-31(2)8-10-33;1-17-3-4-23-21(11-17)20(5-6-25-23)22-13-27-31-16-18(12-26-24(22)31)30-14-19(15-30)29-9-7-28(2)8-10-29;1-17-11-21(20-5-3-4-6-23(20)27-17)22-13-26-31-16-18(12-25-24(22)31)30-14-19(15-30)29-9-7-28(2)8-10-29/h11-16,18H,3-10H2,1-2H3,(H,30,35);2*3-6,11-13,16,19H,7-10,14-15H2,1-2H3. The number of pyridine rings is 3. The van der Waals surface area contributed by atoms with Crippen LogP contribution in [0.15, 0.2) is 140 Å². The van der Waals surface area contributed by atoms with Crippen LogP contribution in [-0.2, 0) is 0 Å². The molecule has 22 nitrogen and oxygen atoms in total. The first-order valence-corrected chi connectivity index (χ1v) is 34.4. The summed E-state index contributed by atoms with van der Waals surface area (Å²) in [7, 11) is 6.61. The number of halogens is 1. The average Bonchev–Trinajstić information content (AvgIpc) is 1.69. The number of aryl methyl sites for hydroxylation is 3. The topological polar surface area (TPSA) is 178 Å². The molecule has 23 heteroatoms. The monoisotopic (exact) mass is 1300 g/mol. The van der Waals surface area contributed by atoms with Crippen molar-refractivity contribution in [2.45, 2.75) is 51.7 Å². The van der Waals surface area contributed by atoms with E-state index in [1.54, 1.807) is 23.7 Å². The van der Waals surface area contributed by atoms with Gasteiger partial charge in [-0.25, -0.2) is 32.9 Å². The van der Waals surface area contributed by atoms with E-state index < -0.39 is 0 Å². The number of nitrogens with one attached hydrogen (secondary N) is 1. The largest absolute Gasteiger partial charge is 0.369 e. The van der Waals surface area contributed by atoms with E-state index in [2.05, 4.69) is 163 Å². The van der Waals surface area contributed by atoms with Gasteiger partial charge in [0.2, 0.25) is 5.56 Å². The molecule has 498 valence electrons. The van der Waals surface area contributed by atoms with Crippen LogP contribution in [0.4, 0.5) is 21.5 Å². The maximum absolute atomic E-state index is 14.1. The fraction of sp³-hybridized carbons (Fsp3) is 0.392. The molecule has 9 aromatic heterocycles. The third-order valence-corrected chi connectivity index (χ3v) is 21.2. The van der Waals surface area contributed by atoms with Gasteiger partial charge in [0.1, 0.15) is 5.82 Å². The Morgan fingerprint density at radius 3 is 1.48 bits per heavy atom. The van der Waals surface area contributed by atoms with Gasteiger partial charge in [0.05, 0.1) is 89.4 Å². The molecule has 6 aliphatic heterocycles. The SMILES string of the molecule is Cc1cc(-c2cnn3cc(N4CC(N5CCN(C)CC5)C4)cnc23)c2ccccc2n1.Cc1cc2c(-c3cnn4cc(N5CCC(N6CCN(C)CC6)CC5)cnc34)cc(=O)[nH]c2cc1F.Cc1ccc2nccc(-c3cnn4cc(N5CC(N6CCN(C)CC6)C5)cnc34)c2c1. The molecule has 0 saturated carbocycles. The zero-order valence-corrected chi connectivity index (χ0v) is 56.3. The number of anilines is 3. The fourth-order valence-corrected chi connectivity index (χ4v) is 15.1. The number of nitrogens with zero attached hydrogens (tertiary/aromatic N) is 20. The van der Waals surface area contributed by atoms with Crippen LogP contribution in [0.25, 0.3) is 83.0 Å². The highest BCUT2D eigenvalue weighted by Crippen LogP contribution is 2.36. The van der Waals surface area contributed by atoms with Gasteiger partial charge in [-0.05, 0) is 114 Å². The third kappa shape index (κ3) is 12.5. The number of piperazine rings is 3. The highest BCUT2D eigenvalue weighted by molar-refractivity contribution is 6.00. The van der Waals surface area contributed by atoms with Crippen molar-refractivity contribution in [1.82, 2.24) is 88.1 Å². The van der Waals surface area contributed by atoms with E-state index in [0.717, 1.165) is 167 Å². The number of fused-ring (bicyclic) bond motifs is 6. The number of benzene rings is 3. The van der Waals surface area contributed by atoms with Crippen molar-refractivity contribution in [3.05, 3.63) is 168 Å². The quantitative estimate of drug-likeness (QED) is 0.146. The summed E-state index contributed by atoms with van der Waals surface area (Å²) in [5.74, 6) is -0.343. The first-order valence-electron chi connectivity index (χ1n) is 34.4. The minimum Gasteiger partial charge on any atom is -0.369 e. The van der Waals surface area contributed by atoms with Gasteiger partial charge in [-0.15, -0.1) is 0 Å². The number of likely N-dealkylation sites (N-methyl/N-ethyl adjacent to an activating group) is 3. The zero-order chi connectivity index (χ0) is 66.0. The van der Waals surface area contributed by atoms with E-state index in [9.17, 15) is 9.18 Å². The van der Waals surface area contributed by atoms with Gasteiger partial charge in [0, 0.05) is 192 Å². The molecule has 0 spiro atoms. The van der Waals surface area contributed by atoms with Crippen molar-refractivity contribution >= 4 is 66.7 Å². The van der Waals surface area contributed by atoms with Crippen LogP contribution >= 0.6 is 0 Å². The number of aromatic amines is 1. The van der Waals surface area contributed by atoms with E-state index >= 15 is 0 Å². The smallest absolute Gasteiger partial charge is 0.249 e.